The van der Waals surface area contributed by atoms with Gasteiger partial charge in [-0.05, 0) is 63.3 Å². The van der Waals surface area contributed by atoms with Crippen molar-refractivity contribution in [2.45, 2.75) is 111 Å². The van der Waals surface area contributed by atoms with Gasteiger partial charge < -0.3 is 15.3 Å². The molecule has 0 bridgehead atoms. The summed E-state index contributed by atoms with van der Waals surface area (Å²) in [5.74, 6) is -0.563. The Kier molecular flexibility index (Phi) is 9.75. The van der Waals surface area contributed by atoms with Crippen molar-refractivity contribution in [2.24, 2.45) is 17.3 Å². The van der Waals surface area contributed by atoms with Gasteiger partial charge in [-0.1, -0.05) is 53.5 Å². The van der Waals surface area contributed by atoms with Crippen molar-refractivity contribution in [3.63, 3.8) is 0 Å². The van der Waals surface area contributed by atoms with E-state index in [-0.39, 0.29) is 35.4 Å². The monoisotopic (exact) mass is 477 g/mol. The SMILES string of the molecule is C/C(=C\[C@H](C(C)C)N(C)C(=O)[C@@H](NC(=O)C1CCCCN1C(C)C1CCC1)C(C)(C)C)C(=O)O. The van der Waals surface area contributed by atoms with E-state index < -0.39 is 17.4 Å². The molecule has 0 aromatic heterocycles. The zero-order valence-electron chi connectivity index (χ0n) is 22.6. The molecule has 1 heterocycles. The summed E-state index contributed by atoms with van der Waals surface area (Å²) in [7, 11) is 1.70. The maximum atomic E-state index is 13.7. The lowest BCUT2D eigenvalue weighted by atomic mass is 9.78. The normalized spacial score (nSPS) is 23.1. The van der Waals surface area contributed by atoms with Crippen LogP contribution in [0.15, 0.2) is 11.6 Å². The molecule has 2 aliphatic rings. The fraction of sp³-hybridized carbons (Fsp3) is 0.815. The molecule has 2 amide bonds. The number of carbonyl (C=O) groups excluding carboxylic acids is 2. The Morgan fingerprint density at radius 3 is 2.15 bits per heavy atom. The Hall–Kier alpha value is -1.89. The summed E-state index contributed by atoms with van der Waals surface area (Å²) in [6.45, 7) is 14.5. The van der Waals surface area contributed by atoms with Crippen molar-refractivity contribution in [3.05, 3.63) is 11.6 Å². The van der Waals surface area contributed by atoms with Crippen LogP contribution in [-0.2, 0) is 14.4 Å². The van der Waals surface area contributed by atoms with Crippen LogP contribution < -0.4 is 5.32 Å². The predicted octanol–water partition coefficient (Wildman–Crippen LogP) is 4.07. The molecule has 1 saturated heterocycles. The van der Waals surface area contributed by atoms with E-state index in [2.05, 4.69) is 17.1 Å². The molecule has 0 aromatic rings. The number of hydrogen-bond donors (Lipinski definition) is 2. The molecule has 1 saturated carbocycles. The Labute approximate surface area is 206 Å². The zero-order valence-corrected chi connectivity index (χ0v) is 22.6. The predicted molar refractivity (Wildman–Crippen MR) is 135 cm³/mol. The summed E-state index contributed by atoms with van der Waals surface area (Å²) in [5, 5.41) is 12.5. The lowest BCUT2D eigenvalue weighted by Crippen LogP contribution is -2.61. The summed E-state index contributed by atoms with van der Waals surface area (Å²) in [6, 6.07) is -0.907. The number of piperidine rings is 1. The largest absolute Gasteiger partial charge is 0.478 e. The maximum absolute atomic E-state index is 13.7. The Morgan fingerprint density at radius 1 is 1.06 bits per heavy atom. The number of nitrogens with zero attached hydrogens (tertiary/aromatic N) is 2. The van der Waals surface area contributed by atoms with Crippen molar-refractivity contribution >= 4 is 17.8 Å². The fourth-order valence-corrected chi connectivity index (χ4v) is 5.23. The molecule has 2 unspecified atom stereocenters. The summed E-state index contributed by atoms with van der Waals surface area (Å²) in [5.41, 5.74) is -0.287. The third kappa shape index (κ3) is 6.83. The highest BCUT2D eigenvalue weighted by atomic mass is 16.4. The Morgan fingerprint density at radius 2 is 1.68 bits per heavy atom. The number of rotatable bonds is 9. The number of carboxylic acids is 1. The van der Waals surface area contributed by atoms with Crippen LogP contribution in [0.4, 0.5) is 0 Å². The van der Waals surface area contributed by atoms with E-state index in [1.807, 2.05) is 34.6 Å². The van der Waals surface area contributed by atoms with Crippen LogP contribution in [-0.4, -0.2) is 70.4 Å². The third-order valence-corrected chi connectivity index (χ3v) is 7.84. The second-order valence-corrected chi connectivity index (χ2v) is 11.8. The van der Waals surface area contributed by atoms with Crippen molar-refractivity contribution in [2.75, 3.05) is 13.6 Å². The molecular weight excluding hydrogens is 430 g/mol. The van der Waals surface area contributed by atoms with Gasteiger partial charge in [-0.25, -0.2) is 4.79 Å². The van der Waals surface area contributed by atoms with Gasteiger partial charge in [-0.15, -0.1) is 0 Å². The molecule has 1 aliphatic carbocycles. The first-order valence-corrected chi connectivity index (χ1v) is 13.0. The molecule has 1 aliphatic heterocycles. The second kappa shape index (κ2) is 11.7. The smallest absolute Gasteiger partial charge is 0.331 e. The summed E-state index contributed by atoms with van der Waals surface area (Å²) in [6.07, 6.45) is 8.33. The third-order valence-electron chi connectivity index (χ3n) is 7.84. The minimum atomic E-state index is -0.995. The highest BCUT2D eigenvalue weighted by molar-refractivity contribution is 5.91. The number of amides is 2. The quantitative estimate of drug-likeness (QED) is 0.489. The van der Waals surface area contributed by atoms with E-state index in [1.54, 1.807) is 24.9 Å². The van der Waals surface area contributed by atoms with E-state index >= 15 is 0 Å². The summed E-state index contributed by atoms with van der Waals surface area (Å²) < 4.78 is 0. The summed E-state index contributed by atoms with van der Waals surface area (Å²) in [4.78, 5) is 42.6. The van der Waals surface area contributed by atoms with Gasteiger partial charge in [0.1, 0.15) is 6.04 Å². The number of carbonyl (C=O) groups is 3. The Bertz CT molecular complexity index is 766. The maximum Gasteiger partial charge on any atom is 0.331 e. The highest BCUT2D eigenvalue weighted by Gasteiger charge is 2.41. The average Bonchev–Trinajstić information content (AvgIpc) is 2.72. The number of likely N-dealkylation sites (N-methyl/N-ethyl adjacent to an activating group) is 1. The van der Waals surface area contributed by atoms with E-state index in [0.717, 1.165) is 25.8 Å². The first kappa shape index (κ1) is 28.3. The molecular formula is C27H47N3O4. The van der Waals surface area contributed by atoms with Gasteiger partial charge in [0, 0.05) is 18.7 Å². The van der Waals surface area contributed by atoms with Gasteiger partial charge in [0.15, 0.2) is 0 Å². The molecule has 194 valence electrons. The van der Waals surface area contributed by atoms with Crippen LogP contribution in [0.2, 0.25) is 0 Å². The minimum Gasteiger partial charge on any atom is -0.478 e. The number of likely N-dealkylation sites (tertiary alicyclic amines) is 1. The van der Waals surface area contributed by atoms with Crippen LogP contribution in [0.5, 0.6) is 0 Å². The standard InChI is InChI=1S/C27H47N3O4/c1-17(2)22(16-18(3)26(33)34)29(8)25(32)23(27(5,6)7)28-24(31)21-14-9-10-15-30(21)19(4)20-12-11-13-20/h16-17,19-23H,9-15H2,1-8H3,(H,28,31)(H,33,34)/b18-16+/t19?,21?,22-,23-/m1/s1. The van der Waals surface area contributed by atoms with Crippen LogP contribution in [0.3, 0.4) is 0 Å². The molecule has 2 rings (SSSR count). The molecule has 7 heteroatoms. The highest BCUT2D eigenvalue weighted by Crippen LogP contribution is 2.35. The van der Waals surface area contributed by atoms with Crippen LogP contribution in [0, 0.1) is 17.3 Å². The molecule has 34 heavy (non-hydrogen) atoms. The van der Waals surface area contributed by atoms with E-state index in [1.165, 1.54) is 19.3 Å². The van der Waals surface area contributed by atoms with Crippen LogP contribution in [0.1, 0.15) is 87.0 Å². The number of hydrogen-bond acceptors (Lipinski definition) is 4. The van der Waals surface area contributed by atoms with Gasteiger partial charge in [0.05, 0.1) is 12.1 Å². The molecule has 0 radical (unpaired) electrons. The van der Waals surface area contributed by atoms with E-state index in [0.29, 0.717) is 12.0 Å². The molecule has 4 atom stereocenters. The minimum absolute atomic E-state index is 0.0248. The van der Waals surface area contributed by atoms with Crippen molar-refractivity contribution in [1.82, 2.24) is 15.1 Å². The fourth-order valence-electron chi connectivity index (χ4n) is 5.23. The molecule has 2 fully saturated rings. The first-order chi connectivity index (χ1) is 15.8. The van der Waals surface area contributed by atoms with E-state index in [4.69, 9.17) is 0 Å². The van der Waals surface area contributed by atoms with Gasteiger partial charge in [0.25, 0.3) is 0 Å². The van der Waals surface area contributed by atoms with Gasteiger partial charge in [-0.3, -0.25) is 14.5 Å². The van der Waals surface area contributed by atoms with Gasteiger partial charge in [-0.2, -0.15) is 0 Å². The van der Waals surface area contributed by atoms with E-state index in [9.17, 15) is 19.5 Å². The second-order valence-electron chi connectivity index (χ2n) is 11.8. The first-order valence-electron chi connectivity index (χ1n) is 13.0. The number of carboxylic acid groups (broad SMARTS) is 1. The lowest BCUT2D eigenvalue weighted by Gasteiger charge is -2.45. The number of aliphatic carboxylic acids is 1. The molecule has 7 nitrogen and oxygen atoms in total. The number of nitrogens with one attached hydrogen (secondary N) is 1. The van der Waals surface area contributed by atoms with Crippen LogP contribution >= 0.6 is 0 Å². The molecule has 2 N–H and O–H groups in total. The van der Waals surface area contributed by atoms with Crippen LogP contribution in [0.25, 0.3) is 0 Å². The van der Waals surface area contributed by atoms with Crippen molar-refractivity contribution in [1.29, 1.82) is 0 Å². The van der Waals surface area contributed by atoms with Crippen molar-refractivity contribution < 1.29 is 19.5 Å². The molecule has 0 spiro atoms. The lowest BCUT2D eigenvalue weighted by molar-refractivity contribution is -0.142. The zero-order chi connectivity index (χ0) is 25.8. The van der Waals surface area contributed by atoms with Gasteiger partial charge >= 0.3 is 5.97 Å². The summed E-state index contributed by atoms with van der Waals surface area (Å²) >= 11 is 0. The molecule has 0 aromatic carbocycles. The topological polar surface area (TPSA) is 90.0 Å². The van der Waals surface area contributed by atoms with Crippen molar-refractivity contribution in [3.8, 4) is 0 Å². The Balaban J connectivity index is 2.23. The average molecular weight is 478 g/mol. The van der Waals surface area contributed by atoms with Gasteiger partial charge in [0.2, 0.25) is 11.8 Å².